The van der Waals surface area contributed by atoms with Crippen molar-refractivity contribution in [1.29, 1.82) is 0 Å². The van der Waals surface area contributed by atoms with Crippen LogP contribution in [0.15, 0.2) is 0 Å². The van der Waals surface area contributed by atoms with E-state index in [-0.39, 0.29) is 24.0 Å². The molecular weight excluding hydrogens is 177 g/mol. The van der Waals surface area contributed by atoms with Crippen LogP contribution < -0.4 is 24.0 Å². The van der Waals surface area contributed by atoms with Crippen LogP contribution in [0.2, 0.25) is 0 Å². The van der Waals surface area contributed by atoms with Crippen LogP contribution in [-0.2, 0) is 0 Å². The lowest BCUT2D eigenvalue weighted by Crippen LogP contribution is -3.00. The number of halogens is 1. The van der Waals surface area contributed by atoms with E-state index in [9.17, 15) is 0 Å². The molecule has 34 valence electrons. The molecule has 0 aromatic heterocycles. The summed E-state index contributed by atoms with van der Waals surface area (Å²) in [5.41, 5.74) is 0. The molecular formula is C3H11IN+. The van der Waals surface area contributed by atoms with Crippen molar-refractivity contribution in [2.75, 3.05) is 21.1 Å². The van der Waals surface area contributed by atoms with Crippen molar-refractivity contribution in [3.8, 4) is 0 Å². The monoisotopic (exact) mass is 188 g/mol. The molecule has 0 radical (unpaired) electrons. The molecule has 0 unspecified atom stereocenters. The molecule has 0 saturated heterocycles. The molecule has 0 saturated carbocycles. The average Bonchev–Trinajstić information content (AvgIpc) is 0.811. The molecule has 5 heavy (non-hydrogen) atoms. The Balaban J connectivity index is 0. The molecule has 1 nitrogen and oxygen atoms in total. The zero-order valence-electron chi connectivity index (χ0n) is 3.89. The minimum atomic E-state index is 0. The van der Waals surface area contributed by atoms with Crippen molar-refractivity contribution >= 4 is 0 Å². The Hall–Kier alpha value is 0.690. The van der Waals surface area contributed by atoms with Gasteiger partial charge in [0.15, 0.2) is 0 Å². The molecule has 0 spiro atoms. The third kappa shape index (κ3) is 71.3. The summed E-state index contributed by atoms with van der Waals surface area (Å²) < 4.78 is 0. The predicted molar refractivity (Wildman–Crippen MR) is 22.4 cm³/mol. The van der Waals surface area contributed by atoms with Gasteiger partial charge in [-0.15, -0.1) is 0 Å². The van der Waals surface area contributed by atoms with Gasteiger partial charge in [0.2, 0.25) is 24.0 Å². The summed E-state index contributed by atoms with van der Waals surface area (Å²) in [6, 6.07) is 0. The van der Waals surface area contributed by atoms with Crippen LogP contribution in [0.5, 0.6) is 0 Å². The highest BCUT2D eigenvalue weighted by Crippen LogP contribution is 1.47. The Morgan fingerprint density at radius 2 is 1.00 bits per heavy atom. The van der Waals surface area contributed by atoms with Crippen molar-refractivity contribution < 1.29 is 24.0 Å². The SMILES string of the molecule is CN(C)C.[IH2+]. The van der Waals surface area contributed by atoms with Gasteiger partial charge >= 0.3 is 0 Å². The zero-order valence-corrected chi connectivity index (χ0v) is 6.45. The lowest BCUT2D eigenvalue weighted by Gasteiger charge is -1.90. The third-order valence-corrected chi connectivity index (χ3v) is 0. The first kappa shape index (κ1) is 9.19. The van der Waals surface area contributed by atoms with Gasteiger partial charge in [0, 0.05) is 0 Å². The Kier molecular flexibility index (Phi) is 8.62. The normalized spacial score (nSPS) is 7.20. The van der Waals surface area contributed by atoms with Gasteiger partial charge in [-0.3, -0.25) is 0 Å². The predicted octanol–water partition coefficient (Wildman–Crippen LogP) is -3.35. The van der Waals surface area contributed by atoms with Gasteiger partial charge in [0.1, 0.15) is 0 Å². The van der Waals surface area contributed by atoms with Crippen molar-refractivity contribution in [3.05, 3.63) is 0 Å². The van der Waals surface area contributed by atoms with Crippen molar-refractivity contribution in [3.63, 3.8) is 0 Å². The molecule has 0 aliphatic heterocycles. The van der Waals surface area contributed by atoms with Crippen LogP contribution in [0.25, 0.3) is 0 Å². The number of rotatable bonds is 0. The van der Waals surface area contributed by atoms with E-state index in [4.69, 9.17) is 0 Å². The van der Waals surface area contributed by atoms with Gasteiger partial charge in [-0.25, -0.2) is 0 Å². The lowest BCUT2D eigenvalue weighted by atomic mass is 11.0. The Bertz CT molecular complexity index is 11.6. The van der Waals surface area contributed by atoms with E-state index < -0.39 is 0 Å². The fourth-order valence-corrected chi connectivity index (χ4v) is 0. The summed E-state index contributed by atoms with van der Waals surface area (Å²) in [4.78, 5) is 2.00. The minimum Gasteiger partial charge on any atom is -0.312 e. The summed E-state index contributed by atoms with van der Waals surface area (Å²) in [7, 11) is 6.00. The maximum Gasteiger partial charge on any atom is 0.235 e. The van der Waals surface area contributed by atoms with Crippen LogP contribution >= 0.6 is 0 Å². The van der Waals surface area contributed by atoms with Crippen LogP contribution in [0, 0.1) is 0 Å². The Morgan fingerprint density at radius 3 is 1.00 bits per heavy atom. The molecule has 0 aromatic rings. The summed E-state index contributed by atoms with van der Waals surface area (Å²) in [5.74, 6) is 0. The van der Waals surface area contributed by atoms with Gasteiger partial charge in [0.25, 0.3) is 0 Å². The molecule has 0 bridgehead atoms. The van der Waals surface area contributed by atoms with Gasteiger partial charge < -0.3 is 4.90 Å². The summed E-state index contributed by atoms with van der Waals surface area (Å²) in [5, 5.41) is 0. The molecule has 0 fully saturated rings. The van der Waals surface area contributed by atoms with Crippen LogP contribution in [-0.4, -0.2) is 26.0 Å². The first-order chi connectivity index (χ1) is 1.73. The van der Waals surface area contributed by atoms with E-state index in [0.29, 0.717) is 0 Å². The van der Waals surface area contributed by atoms with Crippen LogP contribution in [0.1, 0.15) is 0 Å². The molecule has 0 rings (SSSR count). The van der Waals surface area contributed by atoms with E-state index in [1.165, 1.54) is 0 Å². The second kappa shape index (κ2) is 4.69. The molecule has 0 aromatic carbocycles. The Labute approximate surface area is 50.4 Å². The second-order valence-electron chi connectivity index (χ2n) is 1.34. The largest absolute Gasteiger partial charge is 0.312 e. The fraction of sp³-hybridized carbons (Fsp3) is 1.00. The highest BCUT2D eigenvalue weighted by molar-refractivity contribution is 4.09. The van der Waals surface area contributed by atoms with E-state index in [1.807, 2.05) is 26.0 Å². The first-order valence-electron chi connectivity index (χ1n) is 1.34. The molecule has 0 N–H and O–H groups in total. The first-order valence-corrected chi connectivity index (χ1v) is 1.34. The lowest BCUT2D eigenvalue weighted by molar-refractivity contribution is -0.00000110. The van der Waals surface area contributed by atoms with E-state index >= 15 is 0 Å². The quantitative estimate of drug-likeness (QED) is 0.359. The maximum atomic E-state index is 2.00. The standard InChI is InChI=1S/C3H9N.H2I/c1-4(2)3;/h1-3H3;1H2/q;+1. The smallest absolute Gasteiger partial charge is 0.235 e. The molecule has 0 aliphatic rings. The van der Waals surface area contributed by atoms with Gasteiger partial charge in [0.05, 0.1) is 0 Å². The number of hydrogen-bond acceptors (Lipinski definition) is 1. The van der Waals surface area contributed by atoms with Crippen molar-refractivity contribution in [1.82, 2.24) is 4.90 Å². The van der Waals surface area contributed by atoms with Gasteiger partial charge in [-0.2, -0.15) is 0 Å². The molecule has 2 heteroatoms. The molecule has 0 amide bonds. The van der Waals surface area contributed by atoms with Gasteiger partial charge in [-0.1, -0.05) is 0 Å². The zero-order chi connectivity index (χ0) is 3.58. The summed E-state index contributed by atoms with van der Waals surface area (Å²) in [6.45, 7) is 0. The second-order valence-corrected chi connectivity index (χ2v) is 1.34. The molecule has 0 heterocycles. The fourth-order valence-electron chi connectivity index (χ4n) is 0. The van der Waals surface area contributed by atoms with Crippen LogP contribution in [0.3, 0.4) is 0 Å². The topological polar surface area (TPSA) is 3.24 Å². The average molecular weight is 188 g/mol. The van der Waals surface area contributed by atoms with E-state index in [1.54, 1.807) is 0 Å². The van der Waals surface area contributed by atoms with Gasteiger partial charge in [-0.05, 0) is 21.1 Å². The summed E-state index contributed by atoms with van der Waals surface area (Å²) in [6.07, 6.45) is 0. The van der Waals surface area contributed by atoms with Crippen molar-refractivity contribution in [2.45, 2.75) is 0 Å². The number of hydrogen-bond donors (Lipinski definition) is 0. The van der Waals surface area contributed by atoms with E-state index in [2.05, 4.69) is 0 Å². The highest BCUT2D eigenvalue weighted by atomic mass is 127. The number of nitrogens with zero attached hydrogens (tertiary/aromatic N) is 1. The molecule has 0 atom stereocenters. The maximum absolute atomic E-state index is 2.00. The summed E-state index contributed by atoms with van der Waals surface area (Å²) >= 11 is 0. The van der Waals surface area contributed by atoms with Crippen molar-refractivity contribution in [2.24, 2.45) is 0 Å². The highest BCUT2D eigenvalue weighted by Gasteiger charge is 1.58. The van der Waals surface area contributed by atoms with E-state index in [0.717, 1.165) is 0 Å². The van der Waals surface area contributed by atoms with Crippen LogP contribution in [0.4, 0.5) is 0 Å². The third-order valence-electron chi connectivity index (χ3n) is 0. The molecule has 0 aliphatic carbocycles. The minimum absolute atomic E-state index is 0. The Morgan fingerprint density at radius 1 is 1.00 bits per heavy atom.